The fourth-order valence-electron chi connectivity index (χ4n) is 2.00. The van der Waals surface area contributed by atoms with Crippen LogP contribution in [0.25, 0.3) is 0 Å². The Labute approximate surface area is 106 Å². The van der Waals surface area contributed by atoms with Gasteiger partial charge in [0.05, 0.1) is 18.3 Å². The molecule has 0 saturated carbocycles. The largest absolute Gasteiger partial charge is 0.471 e. The zero-order valence-electron chi connectivity index (χ0n) is 10.8. The highest BCUT2D eigenvalue weighted by atomic mass is 16.5. The first-order valence-corrected chi connectivity index (χ1v) is 5.97. The molecule has 1 aliphatic heterocycles. The number of aliphatic hydroxyl groups excluding tert-OH is 1. The van der Waals surface area contributed by atoms with E-state index in [9.17, 15) is 9.90 Å². The molecule has 0 aliphatic carbocycles. The van der Waals surface area contributed by atoms with Gasteiger partial charge in [-0.25, -0.2) is 9.78 Å². The van der Waals surface area contributed by atoms with Crippen molar-refractivity contribution in [2.75, 3.05) is 6.61 Å². The van der Waals surface area contributed by atoms with E-state index in [0.29, 0.717) is 30.0 Å². The van der Waals surface area contributed by atoms with Crippen molar-refractivity contribution in [2.24, 2.45) is 0 Å². The van der Waals surface area contributed by atoms with Gasteiger partial charge in [0.2, 0.25) is 5.88 Å². The van der Waals surface area contributed by atoms with Gasteiger partial charge in [-0.3, -0.25) is 0 Å². The molecule has 1 aromatic heterocycles. The highest BCUT2D eigenvalue weighted by Crippen LogP contribution is 2.38. The number of ether oxygens (including phenoxy) is 2. The molecule has 5 heteroatoms. The fraction of sp³-hybridized carbons (Fsp3) is 0.538. The van der Waals surface area contributed by atoms with E-state index in [-0.39, 0.29) is 0 Å². The lowest BCUT2D eigenvalue weighted by Gasteiger charge is -2.34. The van der Waals surface area contributed by atoms with Crippen molar-refractivity contribution in [3.63, 3.8) is 0 Å². The van der Waals surface area contributed by atoms with Gasteiger partial charge in [0.15, 0.2) is 0 Å². The first-order chi connectivity index (χ1) is 8.43. The predicted molar refractivity (Wildman–Crippen MR) is 64.5 cm³/mol. The van der Waals surface area contributed by atoms with Gasteiger partial charge < -0.3 is 14.6 Å². The minimum Gasteiger partial charge on any atom is -0.471 e. The number of esters is 1. The van der Waals surface area contributed by atoms with Crippen LogP contribution in [0.2, 0.25) is 0 Å². The summed E-state index contributed by atoms with van der Waals surface area (Å²) < 4.78 is 10.6. The Morgan fingerprint density at radius 1 is 1.67 bits per heavy atom. The molecule has 18 heavy (non-hydrogen) atoms. The molecule has 0 saturated heterocycles. The van der Waals surface area contributed by atoms with Crippen LogP contribution in [-0.4, -0.2) is 28.3 Å². The monoisotopic (exact) mass is 251 g/mol. The Hall–Kier alpha value is -1.62. The molecule has 0 bridgehead atoms. The molecule has 1 aromatic rings. The summed E-state index contributed by atoms with van der Waals surface area (Å²) in [5.41, 5.74) is 0.419. The third-order valence-corrected chi connectivity index (χ3v) is 2.81. The van der Waals surface area contributed by atoms with E-state index >= 15 is 0 Å². The Kier molecular flexibility index (Phi) is 3.26. The number of rotatable bonds is 2. The molecule has 1 N–H and O–H groups in total. The van der Waals surface area contributed by atoms with Crippen LogP contribution in [0.5, 0.6) is 5.88 Å². The Balaban J connectivity index is 2.33. The van der Waals surface area contributed by atoms with Crippen molar-refractivity contribution in [2.45, 2.75) is 38.9 Å². The summed E-state index contributed by atoms with van der Waals surface area (Å²) in [6.45, 7) is 5.83. The number of hydrogen-bond acceptors (Lipinski definition) is 5. The van der Waals surface area contributed by atoms with Gasteiger partial charge in [0.25, 0.3) is 0 Å². The molecule has 0 radical (unpaired) electrons. The smallest absolute Gasteiger partial charge is 0.339 e. The molecule has 0 fully saturated rings. The second kappa shape index (κ2) is 4.57. The number of nitrogens with zero attached hydrogens (tertiary/aromatic N) is 1. The van der Waals surface area contributed by atoms with Gasteiger partial charge in [0, 0.05) is 18.2 Å². The standard InChI is InChI=1S/C13H17NO4/c1-4-17-12(16)8-5-9-10(15)6-13(2,3)18-11(9)14-7-8/h5,7,10,15H,4,6H2,1-3H3/t10-/m1/s1. The highest BCUT2D eigenvalue weighted by Gasteiger charge is 2.34. The van der Waals surface area contributed by atoms with E-state index in [4.69, 9.17) is 9.47 Å². The number of aliphatic hydroxyl groups is 1. The molecule has 0 aromatic carbocycles. The second-order valence-electron chi connectivity index (χ2n) is 4.92. The maximum absolute atomic E-state index is 11.6. The third-order valence-electron chi connectivity index (χ3n) is 2.81. The van der Waals surface area contributed by atoms with Gasteiger partial charge in [-0.2, -0.15) is 0 Å². The first-order valence-electron chi connectivity index (χ1n) is 5.97. The van der Waals surface area contributed by atoms with Crippen LogP contribution in [0, 0.1) is 0 Å². The number of hydrogen-bond donors (Lipinski definition) is 1. The van der Waals surface area contributed by atoms with Gasteiger partial charge >= 0.3 is 5.97 Å². The average molecular weight is 251 g/mol. The van der Waals surface area contributed by atoms with E-state index in [1.54, 1.807) is 13.0 Å². The highest BCUT2D eigenvalue weighted by molar-refractivity contribution is 5.89. The van der Waals surface area contributed by atoms with Crippen LogP contribution in [0.4, 0.5) is 0 Å². The van der Waals surface area contributed by atoms with E-state index in [2.05, 4.69) is 4.98 Å². The zero-order chi connectivity index (χ0) is 13.3. The SMILES string of the molecule is CCOC(=O)c1cnc2c(c1)[C@H](O)CC(C)(C)O2. The fourth-order valence-corrected chi connectivity index (χ4v) is 2.00. The lowest BCUT2D eigenvalue weighted by molar-refractivity contribution is 0.00717. The van der Waals surface area contributed by atoms with E-state index in [1.807, 2.05) is 13.8 Å². The summed E-state index contributed by atoms with van der Waals surface area (Å²) in [7, 11) is 0. The molecule has 1 atom stereocenters. The maximum Gasteiger partial charge on any atom is 0.339 e. The van der Waals surface area contributed by atoms with Crippen LogP contribution in [0.15, 0.2) is 12.3 Å². The molecule has 0 unspecified atom stereocenters. The maximum atomic E-state index is 11.6. The van der Waals surface area contributed by atoms with Gasteiger partial charge in [-0.15, -0.1) is 0 Å². The molecule has 98 valence electrons. The van der Waals surface area contributed by atoms with Gasteiger partial charge in [-0.05, 0) is 26.8 Å². The molecular formula is C13H17NO4. The van der Waals surface area contributed by atoms with Crippen molar-refractivity contribution in [3.05, 3.63) is 23.4 Å². The Morgan fingerprint density at radius 2 is 2.39 bits per heavy atom. The van der Waals surface area contributed by atoms with E-state index < -0.39 is 17.7 Å². The van der Waals surface area contributed by atoms with Gasteiger partial charge in [-0.1, -0.05) is 0 Å². The zero-order valence-corrected chi connectivity index (χ0v) is 10.8. The number of carbonyl (C=O) groups is 1. The second-order valence-corrected chi connectivity index (χ2v) is 4.92. The van der Waals surface area contributed by atoms with Crippen LogP contribution in [0.1, 0.15) is 49.2 Å². The first kappa shape index (κ1) is 12.8. The quantitative estimate of drug-likeness (QED) is 0.812. The Bertz CT molecular complexity index is 470. The van der Waals surface area contributed by atoms with Crippen LogP contribution < -0.4 is 4.74 Å². The topological polar surface area (TPSA) is 68.7 Å². The van der Waals surface area contributed by atoms with Crippen LogP contribution in [-0.2, 0) is 4.74 Å². The molecule has 5 nitrogen and oxygen atoms in total. The number of fused-ring (bicyclic) bond motifs is 1. The molecule has 2 heterocycles. The summed E-state index contributed by atoms with van der Waals surface area (Å²) >= 11 is 0. The molecule has 1 aliphatic rings. The van der Waals surface area contributed by atoms with Crippen molar-refractivity contribution >= 4 is 5.97 Å². The third kappa shape index (κ3) is 2.46. The normalized spacial score (nSPS) is 20.8. The van der Waals surface area contributed by atoms with Crippen LogP contribution in [0.3, 0.4) is 0 Å². The summed E-state index contributed by atoms with van der Waals surface area (Å²) in [6.07, 6.45) is 1.20. The lowest BCUT2D eigenvalue weighted by atomic mass is 9.93. The van der Waals surface area contributed by atoms with Crippen molar-refractivity contribution in [1.82, 2.24) is 4.98 Å². The predicted octanol–water partition coefficient (Wildman–Crippen LogP) is 1.85. The summed E-state index contributed by atoms with van der Waals surface area (Å²) in [6, 6.07) is 1.58. The van der Waals surface area contributed by atoms with Crippen molar-refractivity contribution < 1.29 is 19.4 Å². The minimum absolute atomic E-state index is 0.308. The molecule has 2 rings (SSSR count). The number of aromatic nitrogens is 1. The summed E-state index contributed by atoms with van der Waals surface area (Å²) in [5.74, 6) is -0.0587. The molecule has 0 amide bonds. The number of carbonyl (C=O) groups excluding carboxylic acids is 1. The summed E-state index contributed by atoms with van der Waals surface area (Å²) in [5, 5.41) is 10.1. The minimum atomic E-state index is -0.675. The lowest BCUT2D eigenvalue weighted by Crippen LogP contribution is -2.35. The van der Waals surface area contributed by atoms with E-state index in [1.165, 1.54) is 6.20 Å². The van der Waals surface area contributed by atoms with Crippen molar-refractivity contribution in [1.29, 1.82) is 0 Å². The van der Waals surface area contributed by atoms with E-state index in [0.717, 1.165) is 0 Å². The summed E-state index contributed by atoms with van der Waals surface area (Å²) in [4.78, 5) is 15.7. The molecule has 0 spiro atoms. The van der Waals surface area contributed by atoms with Crippen LogP contribution >= 0.6 is 0 Å². The molecular weight excluding hydrogens is 234 g/mol. The number of pyridine rings is 1. The van der Waals surface area contributed by atoms with Crippen molar-refractivity contribution in [3.8, 4) is 5.88 Å². The Morgan fingerprint density at radius 3 is 3.06 bits per heavy atom. The average Bonchev–Trinajstić information content (AvgIpc) is 2.27. The van der Waals surface area contributed by atoms with Gasteiger partial charge in [0.1, 0.15) is 5.60 Å².